The SMILES string of the molecule is [C-]#[N+]c1cccc(C)c1C(C)(C)C. The highest BCUT2D eigenvalue weighted by atomic mass is 14.7. The van der Waals surface area contributed by atoms with Gasteiger partial charge in [0, 0.05) is 0 Å². The topological polar surface area (TPSA) is 4.36 Å². The van der Waals surface area contributed by atoms with Gasteiger partial charge < -0.3 is 0 Å². The van der Waals surface area contributed by atoms with Crippen LogP contribution in [0.3, 0.4) is 0 Å². The van der Waals surface area contributed by atoms with Gasteiger partial charge in [-0.1, -0.05) is 44.5 Å². The molecule has 1 aromatic rings. The zero-order chi connectivity index (χ0) is 10.1. The zero-order valence-corrected chi connectivity index (χ0v) is 8.68. The van der Waals surface area contributed by atoms with Crippen LogP contribution in [0.4, 0.5) is 5.69 Å². The maximum atomic E-state index is 7.09. The summed E-state index contributed by atoms with van der Waals surface area (Å²) in [4.78, 5) is 3.55. The fraction of sp³-hybridized carbons (Fsp3) is 0.417. The monoisotopic (exact) mass is 173 g/mol. The van der Waals surface area contributed by atoms with Crippen molar-refractivity contribution in [3.63, 3.8) is 0 Å². The molecule has 0 N–H and O–H groups in total. The van der Waals surface area contributed by atoms with Gasteiger partial charge in [-0.2, -0.15) is 0 Å². The molecule has 0 fully saturated rings. The number of nitrogens with zero attached hydrogens (tertiary/aromatic N) is 1. The second-order valence-corrected chi connectivity index (χ2v) is 4.33. The molecule has 0 heterocycles. The van der Waals surface area contributed by atoms with Gasteiger partial charge in [0.25, 0.3) is 0 Å². The Labute approximate surface area is 80.2 Å². The van der Waals surface area contributed by atoms with Crippen LogP contribution in [0.5, 0.6) is 0 Å². The van der Waals surface area contributed by atoms with Crippen molar-refractivity contribution in [2.75, 3.05) is 0 Å². The van der Waals surface area contributed by atoms with E-state index in [4.69, 9.17) is 6.57 Å². The second-order valence-electron chi connectivity index (χ2n) is 4.33. The third-order valence-corrected chi connectivity index (χ3v) is 2.12. The Hall–Kier alpha value is -1.29. The lowest BCUT2D eigenvalue weighted by atomic mass is 9.83. The van der Waals surface area contributed by atoms with E-state index in [1.165, 1.54) is 11.1 Å². The van der Waals surface area contributed by atoms with Crippen molar-refractivity contribution in [3.05, 3.63) is 40.7 Å². The van der Waals surface area contributed by atoms with E-state index in [1.807, 2.05) is 12.1 Å². The summed E-state index contributed by atoms with van der Waals surface area (Å²) in [5.41, 5.74) is 3.23. The van der Waals surface area contributed by atoms with Crippen LogP contribution in [0.2, 0.25) is 0 Å². The van der Waals surface area contributed by atoms with Gasteiger partial charge >= 0.3 is 0 Å². The lowest BCUT2D eigenvalue weighted by Gasteiger charge is -2.23. The Balaban J connectivity index is 3.43. The predicted molar refractivity (Wildman–Crippen MR) is 56.1 cm³/mol. The summed E-state index contributed by atoms with van der Waals surface area (Å²) in [5, 5.41) is 0. The minimum Gasteiger partial charge on any atom is -0.238 e. The van der Waals surface area contributed by atoms with Gasteiger partial charge in [0.05, 0.1) is 6.57 Å². The molecule has 0 aliphatic rings. The molecule has 1 nitrogen and oxygen atoms in total. The largest absolute Gasteiger partial charge is 0.238 e. The number of benzene rings is 1. The van der Waals surface area contributed by atoms with Gasteiger partial charge in [0.1, 0.15) is 0 Å². The first-order valence-corrected chi connectivity index (χ1v) is 4.44. The molecule has 0 atom stereocenters. The van der Waals surface area contributed by atoms with Gasteiger partial charge in [-0.15, -0.1) is 0 Å². The molecular formula is C12H15N. The number of aryl methyl sites for hydroxylation is 1. The van der Waals surface area contributed by atoms with E-state index >= 15 is 0 Å². The third kappa shape index (κ3) is 1.89. The van der Waals surface area contributed by atoms with E-state index in [2.05, 4.69) is 38.6 Å². The summed E-state index contributed by atoms with van der Waals surface area (Å²) in [6, 6.07) is 5.90. The highest BCUT2D eigenvalue weighted by molar-refractivity contribution is 5.58. The Kier molecular flexibility index (Phi) is 2.43. The van der Waals surface area contributed by atoms with Gasteiger partial charge in [-0.05, 0) is 17.9 Å². The average Bonchev–Trinajstić information content (AvgIpc) is 2.01. The summed E-state index contributed by atoms with van der Waals surface area (Å²) in [5.74, 6) is 0. The quantitative estimate of drug-likeness (QED) is 0.525. The Bertz CT molecular complexity index is 350. The van der Waals surface area contributed by atoms with Crippen LogP contribution in [-0.4, -0.2) is 0 Å². The first-order valence-electron chi connectivity index (χ1n) is 4.44. The molecule has 0 saturated carbocycles. The molecule has 0 unspecified atom stereocenters. The van der Waals surface area contributed by atoms with Crippen molar-refractivity contribution in [1.29, 1.82) is 0 Å². The maximum absolute atomic E-state index is 7.09. The highest BCUT2D eigenvalue weighted by Gasteiger charge is 2.19. The lowest BCUT2D eigenvalue weighted by Crippen LogP contribution is -2.12. The molecule has 68 valence electrons. The second kappa shape index (κ2) is 3.22. The van der Waals surface area contributed by atoms with Crippen molar-refractivity contribution in [2.45, 2.75) is 33.1 Å². The predicted octanol–water partition coefficient (Wildman–Crippen LogP) is 3.84. The fourth-order valence-corrected chi connectivity index (χ4v) is 1.72. The van der Waals surface area contributed by atoms with Crippen LogP contribution in [-0.2, 0) is 5.41 Å². The number of hydrogen-bond acceptors (Lipinski definition) is 0. The Morgan fingerprint density at radius 3 is 2.23 bits per heavy atom. The normalized spacial score (nSPS) is 11.0. The van der Waals surface area contributed by atoms with E-state index in [0.29, 0.717) is 0 Å². The first-order chi connectivity index (χ1) is 5.96. The molecule has 13 heavy (non-hydrogen) atoms. The highest BCUT2D eigenvalue weighted by Crippen LogP contribution is 2.33. The standard InChI is InChI=1S/C12H15N/c1-9-7-6-8-10(13-5)11(9)12(2,3)4/h6-8H,1-4H3. The summed E-state index contributed by atoms with van der Waals surface area (Å²) >= 11 is 0. The van der Waals surface area contributed by atoms with E-state index in [-0.39, 0.29) is 5.41 Å². The molecule has 0 aliphatic carbocycles. The van der Waals surface area contributed by atoms with E-state index in [0.717, 1.165) is 5.69 Å². The summed E-state index contributed by atoms with van der Waals surface area (Å²) in [6.07, 6.45) is 0. The molecule has 1 rings (SSSR count). The molecule has 1 heteroatoms. The first kappa shape index (κ1) is 9.80. The molecule has 0 radical (unpaired) electrons. The van der Waals surface area contributed by atoms with Gasteiger partial charge in [0.15, 0.2) is 5.69 Å². The van der Waals surface area contributed by atoms with Crippen molar-refractivity contribution in [2.24, 2.45) is 0 Å². The van der Waals surface area contributed by atoms with Crippen LogP contribution in [0, 0.1) is 13.5 Å². The molecule has 0 spiro atoms. The molecule has 0 amide bonds. The van der Waals surface area contributed by atoms with E-state index in [9.17, 15) is 0 Å². The van der Waals surface area contributed by atoms with Gasteiger partial charge in [0.2, 0.25) is 0 Å². The average molecular weight is 173 g/mol. The number of hydrogen-bond donors (Lipinski definition) is 0. The summed E-state index contributed by atoms with van der Waals surface area (Å²) in [6.45, 7) is 15.6. The Morgan fingerprint density at radius 1 is 1.23 bits per heavy atom. The van der Waals surface area contributed by atoms with Crippen molar-refractivity contribution in [3.8, 4) is 0 Å². The summed E-state index contributed by atoms with van der Waals surface area (Å²) in [7, 11) is 0. The molecule has 0 aromatic heterocycles. The molecule has 0 bridgehead atoms. The minimum atomic E-state index is 0.0607. The third-order valence-electron chi connectivity index (χ3n) is 2.12. The molecule has 1 aromatic carbocycles. The molecular weight excluding hydrogens is 158 g/mol. The number of rotatable bonds is 0. The van der Waals surface area contributed by atoms with E-state index < -0.39 is 0 Å². The fourth-order valence-electron chi connectivity index (χ4n) is 1.72. The van der Waals surface area contributed by atoms with Crippen LogP contribution in [0.1, 0.15) is 31.9 Å². The summed E-state index contributed by atoms with van der Waals surface area (Å²) < 4.78 is 0. The Morgan fingerprint density at radius 2 is 1.85 bits per heavy atom. The smallest absolute Gasteiger partial charge is 0.191 e. The van der Waals surface area contributed by atoms with Gasteiger partial charge in [-0.3, -0.25) is 0 Å². The van der Waals surface area contributed by atoms with Crippen molar-refractivity contribution in [1.82, 2.24) is 0 Å². The lowest BCUT2D eigenvalue weighted by molar-refractivity contribution is 0.589. The molecule has 0 saturated heterocycles. The van der Waals surface area contributed by atoms with Crippen LogP contribution in [0.25, 0.3) is 4.85 Å². The zero-order valence-electron chi connectivity index (χ0n) is 8.68. The van der Waals surface area contributed by atoms with Crippen LogP contribution in [0.15, 0.2) is 18.2 Å². The molecule has 0 aliphatic heterocycles. The van der Waals surface area contributed by atoms with Crippen molar-refractivity contribution >= 4 is 5.69 Å². The van der Waals surface area contributed by atoms with Crippen LogP contribution < -0.4 is 0 Å². The van der Waals surface area contributed by atoms with E-state index in [1.54, 1.807) is 0 Å². The minimum absolute atomic E-state index is 0.0607. The van der Waals surface area contributed by atoms with Crippen molar-refractivity contribution < 1.29 is 0 Å². The maximum Gasteiger partial charge on any atom is 0.191 e. The van der Waals surface area contributed by atoms with Crippen LogP contribution >= 0.6 is 0 Å². The van der Waals surface area contributed by atoms with Gasteiger partial charge in [-0.25, -0.2) is 4.85 Å².